The van der Waals surface area contributed by atoms with Crippen molar-refractivity contribution < 1.29 is 4.74 Å². The fourth-order valence-electron chi connectivity index (χ4n) is 2.87. The second-order valence-corrected chi connectivity index (χ2v) is 5.61. The van der Waals surface area contributed by atoms with Gasteiger partial charge in [-0.3, -0.25) is 11.3 Å². The number of benzene rings is 2. The molecular weight excluding hydrogens is 260 g/mol. The summed E-state index contributed by atoms with van der Waals surface area (Å²) in [4.78, 5) is 0. The number of nitrogens with two attached hydrogens (primary N) is 1. The number of hydrogen-bond donors (Lipinski definition) is 2. The normalized spacial score (nSPS) is 12.2. The lowest BCUT2D eigenvalue weighted by molar-refractivity contribution is 0.398. The summed E-state index contributed by atoms with van der Waals surface area (Å²) in [7, 11) is 1.71. The average molecular weight is 284 g/mol. The molecule has 3 N–H and O–H groups in total. The van der Waals surface area contributed by atoms with Crippen LogP contribution in [0.15, 0.2) is 36.4 Å². The van der Waals surface area contributed by atoms with E-state index in [2.05, 4.69) is 62.6 Å². The number of hydrazine groups is 1. The first kappa shape index (κ1) is 15.5. The van der Waals surface area contributed by atoms with Crippen LogP contribution in [0.1, 0.15) is 33.9 Å². The van der Waals surface area contributed by atoms with Gasteiger partial charge in [-0.15, -0.1) is 0 Å². The van der Waals surface area contributed by atoms with Crippen LogP contribution < -0.4 is 16.0 Å². The largest absolute Gasteiger partial charge is 0.496 e. The van der Waals surface area contributed by atoms with Crippen molar-refractivity contribution in [3.8, 4) is 5.75 Å². The number of nitrogens with one attached hydrogen (secondary N) is 1. The van der Waals surface area contributed by atoms with E-state index in [4.69, 9.17) is 10.6 Å². The Morgan fingerprint density at radius 1 is 1.10 bits per heavy atom. The zero-order valence-corrected chi connectivity index (χ0v) is 13.2. The second-order valence-electron chi connectivity index (χ2n) is 5.61. The zero-order valence-electron chi connectivity index (χ0n) is 13.2. The van der Waals surface area contributed by atoms with Crippen molar-refractivity contribution in [2.24, 2.45) is 5.84 Å². The SMILES string of the molecule is COc1cc(C)cc(C)c1C(Cc1cccc(C)c1)NN. The predicted octanol–water partition coefficient (Wildman–Crippen LogP) is 3.37. The van der Waals surface area contributed by atoms with E-state index in [0.29, 0.717) is 0 Å². The van der Waals surface area contributed by atoms with E-state index in [1.807, 2.05) is 0 Å². The first-order valence-electron chi connectivity index (χ1n) is 7.22. The maximum atomic E-state index is 5.82. The molecule has 2 aromatic carbocycles. The van der Waals surface area contributed by atoms with E-state index in [9.17, 15) is 0 Å². The molecule has 0 aliphatic heterocycles. The van der Waals surface area contributed by atoms with Crippen molar-refractivity contribution in [3.63, 3.8) is 0 Å². The van der Waals surface area contributed by atoms with E-state index in [1.165, 1.54) is 22.3 Å². The van der Waals surface area contributed by atoms with Gasteiger partial charge in [-0.05, 0) is 49.9 Å². The van der Waals surface area contributed by atoms with Crippen LogP contribution in [-0.2, 0) is 6.42 Å². The van der Waals surface area contributed by atoms with E-state index in [1.54, 1.807) is 7.11 Å². The number of aryl methyl sites for hydroxylation is 3. The molecule has 0 heterocycles. The quantitative estimate of drug-likeness (QED) is 0.653. The molecule has 0 saturated carbocycles. The monoisotopic (exact) mass is 284 g/mol. The highest BCUT2D eigenvalue weighted by Gasteiger charge is 2.18. The Balaban J connectivity index is 2.37. The van der Waals surface area contributed by atoms with Gasteiger partial charge in [-0.1, -0.05) is 35.9 Å². The van der Waals surface area contributed by atoms with Crippen LogP contribution >= 0.6 is 0 Å². The van der Waals surface area contributed by atoms with Gasteiger partial charge in [0.2, 0.25) is 0 Å². The van der Waals surface area contributed by atoms with Crippen LogP contribution in [0.3, 0.4) is 0 Å². The highest BCUT2D eigenvalue weighted by molar-refractivity contribution is 5.45. The van der Waals surface area contributed by atoms with E-state index in [-0.39, 0.29) is 6.04 Å². The molecule has 0 amide bonds. The average Bonchev–Trinajstić information content (AvgIpc) is 2.44. The van der Waals surface area contributed by atoms with Gasteiger partial charge in [0, 0.05) is 5.56 Å². The fraction of sp³-hybridized carbons (Fsp3) is 0.333. The maximum Gasteiger partial charge on any atom is 0.124 e. The Morgan fingerprint density at radius 3 is 2.48 bits per heavy atom. The lowest BCUT2D eigenvalue weighted by Gasteiger charge is -2.22. The Bertz CT molecular complexity index is 623. The molecule has 3 nitrogen and oxygen atoms in total. The smallest absolute Gasteiger partial charge is 0.124 e. The van der Waals surface area contributed by atoms with Crippen LogP contribution in [0.2, 0.25) is 0 Å². The highest BCUT2D eigenvalue weighted by Crippen LogP contribution is 2.31. The molecule has 0 spiro atoms. The fourth-order valence-corrected chi connectivity index (χ4v) is 2.87. The minimum Gasteiger partial charge on any atom is -0.496 e. The highest BCUT2D eigenvalue weighted by atomic mass is 16.5. The number of rotatable bonds is 5. The second kappa shape index (κ2) is 6.74. The van der Waals surface area contributed by atoms with Gasteiger partial charge in [0.1, 0.15) is 5.75 Å². The van der Waals surface area contributed by atoms with Crippen molar-refractivity contribution >= 4 is 0 Å². The first-order chi connectivity index (χ1) is 10.0. The van der Waals surface area contributed by atoms with Crippen molar-refractivity contribution in [2.45, 2.75) is 33.2 Å². The van der Waals surface area contributed by atoms with Gasteiger partial charge in [0.25, 0.3) is 0 Å². The standard InChI is InChI=1S/C18H24N2O/c1-12-6-5-7-15(9-12)11-16(20-19)18-14(3)8-13(2)10-17(18)21-4/h5-10,16,20H,11,19H2,1-4H3. The number of methoxy groups -OCH3 is 1. The van der Waals surface area contributed by atoms with Crippen LogP contribution in [0.4, 0.5) is 0 Å². The number of ether oxygens (including phenoxy) is 1. The minimum atomic E-state index is 0.0300. The van der Waals surface area contributed by atoms with Gasteiger partial charge >= 0.3 is 0 Å². The molecule has 21 heavy (non-hydrogen) atoms. The summed E-state index contributed by atoms with van der Waals surface area (Å²) in [6.45, 7) is 6.28. The van der Waals surface area contributed by atoms with Gasteiger partial charge < -0.3 is 4.74 Å². The Morgan fingerprint density at radius 2 is 1.86 bits per heavy atom. The maximum absolute atomic E-state index is 5.82. The first-order valence-corrected chi connectivity index (χ1v) is 7.22. The van der Waals surface area contributed by atoms with Crippen molar-refractivity contribution in [3.05, 3.63) is 64.2 Å². The van der Waals surface area contributed by atoms with Crippen LogP contribution in [0.25, 0.3) is 0 Å². The molecule has 112 valence electrons. The molecular formula is C18H24N2O. The molecule has 1 unspecified atom stereocenters. The molecule has 2 rings (SSSR count). The van der Waals surface area contributed by atoms with E-state index >= 15 is 0 Å². The van der Waals surface area contributed by atoms with Gasteiger partial charge in [0.15, 0.2) is 0 Å². The summed E-state index contributed by atoms with van der Waals surface area (Å²) >= 11 is 0. The van der Waals surface area contributed by atoms with E-state index < -0.39 is 0 Å². The van der Waals surface area contributed by atoms with Crippen LogP contribution in [-0.4, -0.2) is 7.11 Å². The van der Waals surface area contributed by atoms with E-state index in [0.717, 1.165) is 17.7 Å². The van der Waals surface area contributed by atoms with Crippen LogP contribution in [0, 0.1) is 20.8 Å². The number of hydrogen-bond acceptors (Lipinski definition) is 3. The molecule has 0 radical (unpaired) electrons. The molecule has 0 aliphatic rings. The minimum absolute atomic E-state index is 0.0300. The summed E-state index contributed by atoms with van der Waals surface area (Å²) in [5, 5.41) is 0. The topological polar surface area (TPSA) is 47.3 Å². The van der Waals surface area contributed by atoms with Crippen molar-refractivity contribution in [2.75, 3.05) is 7.11 Å². The predicted molar refractivity (Wildman–Crippen MR) is 87.4 cm³/mol. The van der Waals surface area contributed by atoms with Gasteiger partial charge in [0.05, 0.1) is 13.2 Å². The summed E-state index contributed by atoms with van der Waals surface area (Å²) in [6, 6.07) is 12.8. The molecule has 0 saturated heterocycles. The molecule has 0 fully saturated rings. The molecule has 1 atom stereocenters. The summed E-state index contributed by atoms with van der Waals surface area (Å²) in [6.07, 6.45) is 0.832. The summed E-state index contributed by atoms with van der Waals surface area (Å²) < 4.78 is 5.56. The third-order valence-corrected chi connectivity index (χ3v) is 3.79. The van der Waals surface area contributed by atoms with Crippen LogP contribution in [0.5, 0.6) is 5.75 Å². The summed E-state index contributed by atoms with van der Waals surface area (Å²) in [5.41, 5.74) is 8.99. The Labute approximate surface area is 127 Å². The van der Waals surface area contributed by atoms with Gasteiger partial charge in [-0.25, -0.2) is 0 Å². The lowest BCUT2D eigenvalue weighted by Crippen LogP contribution is -2.30. The third-order valence-electron chi connectivity index (χ3n) is 3.79. The Hall–Kier alpha value is -1.84. The van der Waals surface area contributed by atoms with Gasteiger partial charge in [-0.2, -0.15) is 0 Å². The Kier molecular flexibility index (Phi) is 4.99. The zero-order chi connectivity index (χ0) is 15.4. The summed E-state index contributed by atoms with van der Waals surface area (Å²) in [5.74, 6) is 6.71. The molecule has 2 aromatic rings. The van der Waals surface area contributed by atoms with Crippen molar-refractivity contribution in [1.29, 1.82) is 0 Å². The molecule has 0 bridgehead atoms. The third kappa shape index (κ3) is 3.63. The molecule has 0 aromatic heterocycles. The van der Waals surface area contributed by atoms with Crippen molar-refractivity contribution in [1.82, 2.24) is 5.43 Å². The molecule has 0 aliphatic carbocycles. The lowest BCUT2D eigenvalue weighted by atomic mass is 9.93. The molecule has 3 heteroatoms.